The molecule has 2 rings (SSSR count). The maximum absolute atomic E-state index is 12.6. The Morgan fingerprint density at radius 1 is 1.35 bits per heavy atom. The Balaban J connectivity index is 1.93. The van der Waals surface area contributed by atoms with Crippen LogP contribution in [-0.2, 0) is 15.7 Å². The Labute approximate surface area is 132 Å². The highest BCUT2D eigenvalue weighted by Gasteiger charge is 2.30. The van der Waals surface area contributed by atoms with Crippen molar-refractivity contribution >= 4 is 29.1 Å². The molecule has 2 aromatic rings. The standard InChI is InChI=1S/C13H10F3N3O3S/c1-7-11(23-19-18-7)12(21)22-6-10(20)17-9-4-2-3-8(5-9)13(14,15)16/h2-5H,6H2,1H3,(H,17,20). The van der Waals surface area contributed by atoms with Crippen molar-refractivity contribution in [1.29, 1.82) is 0 Å². The number of carbonyl (C=O) groups is 2. The number of aromatic nitrogens is 2. The second-order valence-corrected chi connectivity index (χ2v) is 5.14. The summed E-state index contributed by atoms with van der Waals surface area (Å²) in [7, 11) is 0. The van der Waals surface area contributed by atoms with Gasteiger partial charge in [-0.15, -0.1) is 5.10 Å². The number of halogens is 3. The highest BCUT2D eigenvalue weighted by molar-refractivity contribution is 7.07. The first-order valence-corrected chi connectivity index (χ1v) is 6.98. The van der Waals surface area contributed by atoms with Crippen LogP contribution in [0.3, 0.4) is 0 Å². The van der Waals surface area contributed by atoms with Gasteiger partial charge in [-0.3, -0.25) is 4.79 Å². The number of benzene rings is 1. The Morgan fingerprint density at radius 2 is 2.09 bits per heavy atom. The Hall–Kier alpha value is -2.49. The minimum Gasteiger partial charge on any atom is -0.451 e. The molecule has 0 aliphatic rings. The fraction of sp³-hybridized carbons (Fsp3) is 0.231. The molecule has 1 aromatic heterocycles. The van der Waals surface area contributed by atoms with Crippen molar-refractivity contribution in [2.24, 2.45) is 0 Å². The van der Waals surface area contributed by atoms with Gasteiger partial charge < -0.3 is 10.1 Å². The van der Waals surface area contributed by atoms with E-state index in [-0.39, 0.29) is 10.6 Å². The lowest BCUT2D eigenvalue weighted by molar-refractivity contribution is -0.137. The molecule has 0 radical (unpaired) electrons. The molecule has 0 unspecified atom stereocenters. The van der Waals surface area contributed by atoms with Crippen molar-refractivity contribution in [2.75, 3.05) is 11.9 Å². The molecule has 6 nitrogen and oxygen atoms in total. The molecule has 1 aromatic carbocycles. The molecular formula is C13H10F3N3O3S. The van der Waals surface area contributed by atoms with E-state index in [1.165, 1.54) is 6.07 Å². The van der Waals surface area contributed by atoms with Crippen LogP contribution in [0.4, 0.5) is 18.9 Å². The normalized spacial score (nSPS) is 11.1. The van der Waals surface area contributed by atoms with Crippen molar-refractivity contribution in [1.82, 2.24) is 9.59 Å². The summed E-state index contributed by atoms with van der Waals surface area (Å²) in [5.41, 5.74) is -0.562. The summed E-state index contributed by atoms with van der Waals surface area (Å²) >= 11 is 0.826. The van der Waals surface area contributed by atoms with Crippen LogP contribution in [0.25, 0.3) is 0 Å². The number of nitrogens with one attached hydrogen (secondary N) is 1. The minimum atomic E-state index is -4.51. The Kier molecular flexibility index (Phi) is 4.94. The van der Waals surface area contributed by atoms with Crippen molar-refractivity contribution in [3.8, 4) is 0 Å². The molecule has 0 saturated carbocycles. The van der Waals surface area contributed by atoms with E-state index in [9.17, 15) is 22.8 Å². The monoisotopic (exact) mass is 345 g/mol. The zero-order valence-electron chi connectivity index (χ0n) is 11.7. The predicted octanol–water partition coefficient (Wildman–Crippen LogP) is 2.66. The summed E-state index contributed by atoms with van der Waals surface area (Å²) in [4.78, 5) is 23.4. The topological polar surface area (TPSA) is 81.2 Å². The number of ether oxygens (including phenoxy) is 1. The summed E-state index contributed by atoms with van der Waals surface area (Å²) in [6.07, 6.45) is -4.51. The largest absolute Gasteiger partial charge is 0.451 e. The summed E-state index contributed by atoms with van der Waals surface area (Å²) in [5.74, 6) is -1.52. The molecule has 0 aliphatic heterocycles. The Morgan fingerprint density at radius 3 is 2.70 bits per heavy atom. The lowest BCUT2D eigenvalue weighted by Gasteiger charge is -2.10. The van der Waals surface area contributed by atoms with Crippen LogP contribution < -0.4 is 5.32 Å². The van der Waals surface area contributed by atoms with Crippen LogP contribution >= 0.6 is 11.5 Å². The van der Waals surface area contributed by atoms with Crippen LogP contribution in [0, 0.1) is 6.92 Å². The first-order chi connectivity index (χ1) is 10.8. The van der Waals surface area contributed by atoms with Crippen LogP contribution in [-0.4, -0.2) is 28.1 Å². The number of amides is 1. The number of hydrogen-bond donors (Lipinski definition) is 1. The van der Waals surface area contributed by atoms with Gasteiger partial charge >= 0.3 is 12.1 Å². The molecule has 0 aliphatic carbocycles. The number of nitrogens with zero attached hydrogens (tertiary/aromatic N) is 2. The molecule has 10 heteroatoms. The van der Waals surface area contributed by atoms with Crippen LogP contribution in [0.5, 0.6) is 0 Å². The number of anilines is 1. The second kappa shape index (κ2) is 6.73. The van der Waals surface area contributed by atoms with Gasteiger partial charge in [0.15, 0.2) is 11.5 Å². The van der Waals surface area contributed by atoms with Gasteiger partial charge in [-0.1, -0.05) is 10.6 Å². The number of rotatable bonds is 4. The first-order valence-electron chi connectivity index (χ1n) is 6.20. The second-order valence-electron chi connectivity index (χ2n) is 4.39. The van der Waals surface area contributed by atoms with Crippen molar-refractivity contribution in [3.63, 3.8) is 0 Å². The molecular weight excluding hydrogens is 335 g/mol. The average molecular weight is 345 g/mol. The van der Waals surface area contributed by atoms with Gasteiger partial charge in [0.05, 0.1) is 11.3 Å². The Bertz CT molecular complexity index is 730. The molecule has 0 bridgehead atoms. The van der Waals surface area contributed by atoms with Crippen molar-refractivity contribution < 1.29 is 27.5 Å². The average Bonchev–Trinajstić information content (AvgIpc) is 2.90. The summed E-state index contributed by atoms with van der Waals surface area (Å²) in [5, 5.41) is 5.85. The minimum absolute atomic E-state index is 0.0449. The number of carbonyl (C=O) groups excluding carboxylic acids is 2. The molecule has 0 saturated heterocycles. The zero-order chi connectivity index (χ0) is 17.0. The van der Waals surface area contributed by atoms with E-state index in [1.54, 1.807) is 6.92 Å². The van der Waals surface area contributed by atoms with E-state index in [0.29, 0.717) is 5.69 Å². The maximum Gasteiger partial charge on any atom is 0.416 e. The smallest absolute Gasteiger partial charge is 0.416 e. The van der Waals surface area contributed by atoms with E-state index in [2.05, 4.69) is 14.9 Å². The molecule has 122 valence electrons. The lowest BCUT2D eigenvalue weighted by Crippen LogP contribution is -2.21. The van der Waals surface area contributed by atoms with Gasteiger partial charge in [-0.05, 0) is 36.7 Å². The SMILES string of the molecule is Cc1nnsc1C(=O)OCC(=O)Nc1cccc(C(F)(F)F)c1. The van der Waals surface area contributed by atoms with Gasteiger partial charge in [0.1, 0.15) is 0 Å². The number of hydrogen-bond acceptors (Lipinski definition) is 6. The van der Waals surface area contributed by atoms with E-state index >= 15 is 0 Å². The van der Waals surface area contributed by atoms with E-state index < -0.39 is 30.2 Å². The fourth-order valence-corrected chi connectivity index (χ4v) is 2.14. The summed E-state index contributed by atoms with van der Waals surface area (Å²) in [6, 6.07) is 4.13. The number of aryl methyl sites for hydroxylation is 1. The highest BCUT2D eigenvalue weighted by atomic mass is 32.1. The molecule has 1 amide bonds. The number of esters is 1. The third-order valence-corrected chi connectivity index (χ3v) is 3.45. The molecule has 1 heterocycles. The zero-order valence-corrected chi connectivity index (χ0v) is 12.5. The fourth-order valence-electron chi connectivity index (χ4n) is 1.59. The molecule has 0 fully saturated rings. The third-order valence-electron chi connectivity index (χ3n) is 2.64. The molecule has 0 spiro atoms. The summed E-state index contributed by atoms with van der Waals surface area (Å²) in [6.45, 7) is 0.926. The first kappa shape index (κ1) is 16.9. The maximum atomic E-state index is 12.6. The van der Waals surface area contributed by atoms with Gasteiger partial charge in [-0.2, -0.15) is 13.2 Å². The van der Waals surface area contributed by atoms with Gasteiger partial charge in [0.25, 0.3) is 5.91 Å². The molecule has 1 N–H and O–H groups in total. The molecule has 0 atom stereocenters. The van der Waals surface area contributed by atoms with E-state index in [0.717, 1.165) is 29.7 Å². The highest BCUT2D eigenvalue weighted by Crippen LogP contribution is 2.30. The van der Waals surface area contributed by atoms with E-state index in [4.69, 9.17) is 4.74 Å². The third kappa shape index (κ3) is 4.49. The van der Waals surface area contributed by atoms with Gasteiger partial charge in [0, 0.05) is 5.69 Å². The summed E-state index contributed by atoms with van der Waals surface area (Å²) < 4.78 is 46.0. The van der Waals surface area contributed by atoms with Gasteiger partial charge in [0.2, 0.25) is 0 Å². The lowest BCUT2D eigenvalue weighted by atomic mass is 10.2. The van der Waals surface area contributed by atoms with Crippen molar-refractivity contribution in [3.05, 3.63) is 40.4 Å². The van der Waals surface area contributed by atoms with Crippen LogP contribution in [0.1, 0.15) is 20.9 Å². The van der Waals surface area contributed by atoms with E-state index in [1.807, 2.05) is 0 Å². The van der Waals surface area contributed by atoms with Crippen LogP contribution in [0.15, 0.2) is 24.3 Å². The number of alkyl halides is 3. The quantitative estimate of drug-likeness (QED) is 0.862. The van der Waals surface area contributed by atoms with Crippen molar-refractivity contribution in [2.45, 2.75) is 13.1 Å². The van der Waals surface area contributed by atoms with Gasteiger partial charge in [-0.25, -0.2) is 4.79 Å². The molecule has 23 heavy (non-hydrogen) atoms. The van der Waals surface area contributed by atoms with Crippen LogP contribution in [0.2, 0.25) is 0 Å². The predicted molar refractivity (Wildman–Crippen MR) is 75.0 cm³/mol.